The first-order valence-corrected chi connectivity index (χ1v) is 9.27. The molecular weight excluding hydrogens is 340 g/mol. The summed E-state index contributed by atoms with van der Waals surface area (Å²) in [7, 11) is 3.55. The standard InChI is InChI=1S/C17H22N4O3S/c1-12-18-17(11-20(12)4)25(22,23)21-9-8-13-14(10-19(2)3)16(24-5)7-6-15(13)21/h6-9,11H,10H2,1-5H3. The average molecular weight is 362 g/mol. The van der Waals surface area contributed by atoms with E-state index in [4.69, 9.17) is 4.74 Å². The molecule has 3 aromatic rings. The SMILES string of the molecule is COc1ccc2c(ccn2S(=O)(=O)c2cn(C)c(C)n2)c1CN(C)C. The van der Waals surface area contributed by atoms with Gasteiger partial charge in [-0.1, -0.05) is 0 Å². The monoisotopic (exact) mass is 362 g/mol. The molecule has 0 atom stereocenters. The molecule has 25 heavy (non-hydrogen) atoms. The molecule has 0 amide bonds. The van der Waals surface area contributed by atoms with Gasteiger partial charge in [0.15, 0.2) is 5.03 Å². The molecule has 0 aliphatic carbocycles. The molecule has 0 N–H and O–H groups in total. The molecule has 1 aromatic carbocycles. The van der Waals surface area contributed by atoms with E-state index in [0.717, 1.165) is 16.7 Å². The molecule has 0 saturated carbocycles. The highest BCUT2D eigenvalue weighted by molar-refractivity contribution is 7.90. The summed E-state index contributed by atoms with van der Waals surface area (Å²) in [6, 6.07) is 5.38. The number of imidazole rings is 1. The maximum atomic E-state index is 13.0. The quantitative estimate of drug-likeness (QED) is 0.694. The Bertz CT molecular complexity index is 1010. The lowest BCUT2D eigenvalue weighted by molar-refractivity contribution is 0.374. The van der Waals surface area contributed by atoms with Gasteiger partial charge in [0.05, 0.1) is 12.6 Å². The molecule has 3 rings (SSSR count). The summed E-state index contributed by atoms with van der Waals surface area (Å²) < 4.78 is 34.4. The zero-order valence-electron chi connectivity index (χ0n) is 15.0. The Morgan fingerprint density at radius 1 is 1.24 bits per heavy atom. The smallest absolute Gasteiger partial charge is 0.287 e. The van der Waals surface area contributed by atoms with Crippen LogP contribution >= 0.6 is 0 Å². The third-order valence-corrected chi connectivity index (χ3v) is 5.77. The predicted octanol–water partition coefficient (Wildman–Crippen LogP) is 1.99. The molecule has 0 radical (unpaired) electrons. The minimum atomic E-state index is -3.76. The lowest BCUT2D eigenvalue weighted by atomic mass is 10.1. The third-order valence-electron chi connectivity index (χ3n) is 4.21. The summed E-state index contributed by atoms with van der Waals surface area (Å²) in [5.41, 5.74) is 1.57. The predicted molar refractivity (Wildman–Crippen MR) is 96.4 cm³/mol. The van der Waals surface area contributed by atoms with E-state index in [-0.39, 0.29) is 5.03 Å². The largest absolute Gasteiger partial charge is 0.496 e. The lowest BCUT2D eigenvalue weighted by Gasteiger charge is -2.15. The van der Waals surface area contributed by atoms with Gasteiger partial charge in [-0.2, -0.15) is 8.42 Å². The van der Waals surface area contributed by atoms with E-state index in [1.807, 2.05) is 25.1 Å². The summed E-state index contributed by atoms with van der Waals surface area (Å²) >= 11 is 0. The highest BCUT2D eigenvalue weighted by Gasteiger charge is 2.24. The lowest BCUT2D eigenvalue weighted by Crippen LogP contribution is -2.14. The van der Waals surface area contributed by atoms with Gasteiger partial charge in [-0.05, 0) is 39.2 Å². The first-order valence-electron chi connectivity index (χ1n) is 7.83. The minimum Gasteiger partial charge on any atom is -0.496 e. The van der Waals surface area contributed by atoms with Crippen LogP contribution in [0.1, 0.15) is 11.4 Å². The van der Waals surface area contributed by atoms with Gasteiger partial charge in [0.25, 0.3) is 10.0 Å². The Balaban J connectivity index is 2.21. The van der Waals surface area contributed by atoms with Crippen LogP contribution in [0.3, 0.4) is 0 Å². The van der Waals surface area contributed by atoms with E-state index < -0.39 is 10.0 Å². The molecular formula is C17H22N4O3S. The number of hydrogen-bond acceptors (Lipinski definition) is 5. The Morgan fingerprint density at radius 2 is 1.96 bits per heavy atom. The van der Waals surface area contributed by atoms with E-state index in [2.05, 4.69) is 4.98 Å². The van der Waals surface area contributed by atoms with Gasteiger partial charge < -0.3 is 14.2 Å². The number of fused-ring (bicyclic) bond motifs is 1. The van der Waals surface area contributed by atoms with Gasteiger partial charge in [-0.15, -0.1) is 0 Å². The minimum absolute atomic E-state index is 0.0370. The van der Waals surface area contributed by atoms with Gasteiger partial charge in [0.2, 0.25) is 0 Å². The van der Waals surface area contributed by atoms with Crippen LogP contribution in [0.2, 0.25) is 0 Å². The van der Waals surface area contributed by atoms with Crippen molar-refractivity contribution < 1.29 is 13.2 Å². The number of nitrogens with zero attached hydrogens (tertiary/aromatic N) is 4. The normalized spacial score (nSPS) is 12.2. The van der Waals surface area contributed by atoms with Crippen LogP contribution in [-0.2, 0) is 23.6 Å². The average Bonchev–Trinajstić information content (AvgIpc) is 3.12. The fraction of sp³-hybridized carbons (Fsp3) is 0.353. The fourth-order valence-corrected chi connectivity index (χ4v) is 4.24. The van der Waals surface area contributed by atoms with Crippen molar-refractivity contribution in [1.82, 2.24) is 18.4 Å². The highest BCUT2D eigenvalue weighted by atomic mass is 32.2. The van der Waals surface area contributed by atoms with E-state index in [9.17, 15) is 8.42 Å². The summed E-state index contributed by atoms with van der Waals surface area (Å²) in [4.78, 5) is 6.19. The van der Waals surface area contributed by atoms with Crippen molar-refractivity contribution in [2.45, 2.75) is 18.5 Å². The molecule has 2 aromatic heterocycles. The molecule has 0 bridgehead atoms. The van der Waals surface area contributed by atoms with Crippen molar-refractivity contribution in [2.75, 3.05) is 21.2 Å². The van der Waals surface area contributed by atoms with Crippen molar-refractivity contribution >= 4 is 20.9 Å². The summed E-state index contributed by atoms with van der Waals surface area (Å²) in [5.74, 6) is 1.38. The molecule has 0 unspecified atom stereocenters. The van der Waals surface area contributed by atoms with Crippen LogP contribution in [0.15, 0.2) is 35.6 Å². The number of benzene rings is 1. The number of methoxy groups -OCH3 is 1. The second-order valence-electron chi connectivity index (χ2n) is 6.27. The fourth-order valence-electron chi connectivity index (χ4n) is 2.86. The van der Waals surface area contributed by atoms with Crippen molar-refractivity contribution in [3.63, 3.8) is 0 Å². The number of aromatic nitrogens is 3. The molecule has 0 saturated heterocycles. The van der Waals surface area contributed by atoms with Gasteiger partial charge in [-0.25, -0.2) is 8.96 Å². The van der Waals surface area contributed by atoms with Crippen LogP contribution in [0.4, 0.5) is 0 Å². The number of ether oxygens (including phenoxy) is 1. The Labute approximate surface area is 147 Å². The Morgan fingerprint density at radius 3 is 2.52 bits per heavy atom. The number of rotatable bonds is 5. The van der Waals surface area contributed by atoms with Gasteiger partial charge in [-0.3, -0.25) is 0 Å². The summed E-state index contributed by atoms with van der Waals surface area (Å²) in [6.07, 6.45) is 3.10. The van der Waals surface area contributed by atoms with Crippen molar-refractivity contribution in [2.24, 2.45) is 7.05 Å². The van der Waals surface area contributed by atoms with Gasteiger partial charge in [0, 0.05) is 36.9 Å². The third kappa shape index (κ3) is 2.91. The summed E-state index contributed by atoms with van der Waals surface area (Å²) in [6.45, 7) is 2.42. The highest BCUT2D eigenvalue weighted by Crippen LogP contribution is 2.31. The Hall–Kier alpha value is -2.32. The molecule has 7 nitrogen and oxygen atoms in total. The van der Waals surface area contributed by atoms with E-state index in [1.165, 1.54) is 10.2 Å². The maximum absolute atomic E-state index is 13.0. The van der Waals surface area contributed by atoms with E-state index in [1.54, 1.807) is 44.0 Å². The first-order chi connectivity index (χ1) is 11.8. The van der Waals surface area contributed by atoms with Crippen molar-refractivity contribution in [3.8, 4) is 5.75 Å². The summed E-state index contributed by atoms with van der Waals surface area (Å²) in [5, 5.41) is 0.888. The van der Waals surface area contributed by atoms with Crippen molar-refractivity contribution in [3.05, 3.63) is 42.0 Å². The van der Waals surface area contributed by atoms with Crippen LogP contribution < -0.4 is 4.74 Å². The van der Waals surface area contributed by atoms with E-state index in [0.29, 0.717) is 17.9 Å². The molecule has 0 spiro atoms. The van der Waals surface area contributed by atoms with Crippen LogP contribution in [0.5, 0.6) is 5.75 Å². The topological polar surface area (TPSA) is 69.4 Å². The van der Waals surface area contributed by atoms with Crippen LogP contribution in [0.25, 0.3) is 10.9 Å². The second kappa shape index (κ2) is 6.20. The second-order valence-corrected chi connectivity index (χ2v) is 8.03. The van der Waals surface area contributed by atoms with Crippen LogP contribution in [0, 0.1) is 6.92 Å². The zero-order chi connectivity index (χ0) is 18.4. The van der Waals surface area contributed by atoms with Crippen molar-refractivity contribution in [1.29, 1.82) is 0 Å². The zero-order valence-corrected chi connectivity index (χ0v) is 15.8. The molecule has 0 aliphatic rings. The maximum Gasteiger partial charge on any atom is 0.287 e. The Kier molecular flexibility index (Phi) is 4.34. The molecule has 134 valence electrons. The number of aryl methyl sites for hydroxylation is 2. The van der Waals surface area contributed by atoms with Crippen LogP contribution in [-0.4, -0.2) is 48.0 Å². The number of hydrogen-bond donors (Lipinski definition) is 0. The van der Waals surface area contributed by atoms with Gasteiger partial charge in [0.1, 0.15) is 11.6 Å². The molecule has 2 heterocycles. The molecule has 0 fully saturated rings. The molecule has 0 aliphatic heterocycles. The molecule has 8 heteroatoms. The van der Waals surface area contributed by atoms with E-state index >= 15 is 0 Å². The van der Waals surface area contributed by atoms with Gasteiger partial charge >= 0.3 is 0 Å². The first kappa shape index (κ1) is 17.5.